The maximum absolute atomic E-state index is 12.6. The van der Waals surface area contributed by atoms with Crippen LogP contribution in [0.1, 0.15) is 34.8 Å². The van der Waals surface area contributed by atoms with Gasteiger partial charge in [-0.1, -0.05) is 0 Å². The van der Waals surface area contributed by atoms with Gasteiger partial charge in [0.05, 0.1) is 19.5 Å². The summed E-state index contributed by atoms with van der Waals surface area (Å²) in [6.07, 6.45) is -9.86. The number of aromatic nitrogens is 5. The Labute approximate surface area is 285 Å². The number of phosphoric ester groups is 2. The highest BCUT2D eigenvalue weighted by Crippen LogP contribution is 2.60. The minimum atomic E-state index is -5.47. The number of anilines is 1. The zero-order valence-corrected chi connectivity index (χ0v) is 27.7. The van der Waals surface area contributed by atoms with E-state index in [1.54, 1.807) is 0 Å². The number of nitrogen functional groups attached to an aromatic ring is 1. The van der Waals surface area contributed by atoms with Crippen molar-refractivity contribution in [3.63, 3.8) is 0 Å². The molecule has 0 aromatic carbocycles. The summed E-state index contributed by atoms with van der Waals surface area (Å²) < 4.78 is 52.3. The summed E-state index contributed by atoms with van der Waals surface area (Å²) in [6, 6.07) is 1.31. The molecule has 11 atom stereocenters. The Kier molecular flexibility index (Phi) is 11.5. The number of carbonyl (C=O) groups is 2. The number of hydrogen-bond donors (Lipinski definition) is 10. The second kappa shape index (κ2) is 15.2. The van der Waals surface area contributed by atoms with Crippen LogP contribution in [0.3, 0.4) is 0 Å². The molecule has 280 valence electrons. The van der Waals surface area contributed by atoms with Gasteiger partial charge in [-0.2, -0.15) is 8.88 Å². The number of fused-ring (bicyclic) bond motifs is 1. The number of aliphatic carboxylic acids is 1. The lowest BCUT2D eigenvalue weighted by Gasteiger charge is -2.20. The number of aryl methyl sites for hydroxylation is 1. The molecule has 3 aromatic heterocycles. The molecule has 12 N–H and O–H groups in total. The van der Waals surface area contributed by atoms with E-state index >= 15 is 0 Å². The zero-order chi connectivity index (χ0) is 37.4. The summed E-state index contributed by atoms with van der Waals surface area (Å²) in [5.41, 5.74) is 11.6. The first-order valence-electron chi connectivity index (χ1n) is 14.7. The van der Waals surface area contributed by atoms with E-state index in [-0.39, 0.29) is 35.4 Å². The fourth-order valence-electron chi connectivity index (χ4n) is 5.29. The summed E-state index contributed by atoms with van der Waals surface area (Å²) in [6.45, 7) is -1.94. The highest BCUT2D eigenvalue weighted by Gasteiger charge is 2.50. The van der Waals surface area contributed by atoms with Crippen molar-refractivity contribution in [2.45, 2.75) is 68.0 Å². The van der Waals surface area contributed by atoms with Crippen LogP contribution in [0.5, 0.6) is 0 Å². The number of imidazole rings is 1. The van der Waals surface area contributed by atoms with Crippen LogP contribution in [0, 0.1) is 0 Å². The predicted octanol–water partition coefficient (Wildman–Crippen LogP) is -3.64. The summed E-state index contributed by atoms with van der Waals surface area (Å²) in [5, 5.41) is 60.7. The van der Waals surface area contributed by atoms with Crippen molar-refractivity contribution in [1.82, 2.24) is 19.5 Å². The molecule has 0 saturated carbocycles. The molecule has 2 aliphatic rings. The second-order valence-corrected chi connectivity index (χ2v) is 14.5. The fourth-order valence-corrected chi connectivity index (χ4v) is 7.38. The van der Waals surface area contributed by atoms with Gasteiger partial charge < -0.3 is 61.4 Å². The molecule has 26 heteroatoms. The van der Waals surface area contributed by atoms with E-state index in [1.165, 1.54) is 23.2 Å². The molecule has 2 saturated heterocycles. The van der Waals surface area contributed by atoms with E-state index in [0.29, 0.717) is 5.56 Å². The lowest BCUT2D eigenvalue weighted by atomic mass is 10.1. The van der Waals surface area contributed by atoms with Gasteiger partial charge >= 0.3 is 21.6 Å². The summed E-state index contributed by atoms with van der Waals surface area (Å²) >= 11 is 0. The number of aliphatic hydroxyl groups is 5. The third-order valence-corrected chi connectivity index (χ3v) is 10.5. The second-order valence-electron chi connectivity index (χ2n) is 11.4. The van der Waals surface area contributed by atoms with Gasteiger partial charge in [0.25, 0.3) is 12.1 Å². The number of primary amides is 1. The molecule has 3 aromatic rings. The van der Waals surface area contributed by atoms with E-state index in [4.69, 9.17) is 35.1 Å². The van der Waals surface area contributed by atoms with Crippen LogP contribution in [0.2, 0.25) is 0 Å². The molecule has 0 radical (unpaired) electrons. The minimum Gasteiger partial charge on any atom is -0.479 e. The number of nitrogens with two attached hydrogens (primary N) is 2. The van der Waals surface area contributed by atoms with Crippen molar-refractivity contribution in [1.29, 1.82) is 0 Å². The van der Waals surface area contributed by atoms with Crippen molar-refractivity contribution in [2.24, 2.45) is 5.73 Å². The average Bonchev–Trinajstić information content (AvgIpc) is 3.71. The number of pyridine rings is 1. The largest absolute Gasteiger partial charge is 0.481 e. The Hall–Kier alpha value is -3.58. The predicted molar refractivity (Wildman–Crippen MR) is 161 cm³/mol. The number of rotatable bonds is 15. The van der Waals surface area contributed by atoms with Gasteiger partial charge in [0.1, 0.15) is 47.9 Å². The van der Waals surface area contributed by atoms with Crippen LogP contribution in [0.15, 0.2) is 31.1 Å². The Balaban J connectivity index is 1.17. The number of ether oxygens (including phenoxy) is 2. The molecule has 2 aliphatic heterocycles. The van der Waals surface area contributed by atoms with Crippen LogP contribution in [-0.4, -0.2) is 128 Å². The highest BCUT2D eigenvalue weighted by molar-refractivity contribution is 7.61. The van der Waals surface area contributed by atoms with E-state index in [9.17, 15) is 54.0 Å². The summed E-state index contributed by atoms with van der Waals surface area (Å²) in [7, 11) is -10.9. The number of hydrogen-bond acceptors (Lipinski definition) is 18. The van der Waals surface area contributed by atoms with Crippen LogP contribution < -0.4 is 16.0 Å². The third-order valence-electron chi connectivity index (χ3n) is 7.86. The van der Waals surface area contributed by atoms with Gasteiger partial charge in [-0.25, -0.2) is 28.9 Å². The smallest absolute Gasteiger partial charge is 0.479 e. The van der Waals surface area contributed by atoms with Crippen molar-refractivity contribution in [2.75, 3.05) is 18.9 Å². The minimum absolute atomic E-state index is 0.0297. The van der Waals surface area contributed by atoms with Gasteiger partial charge in [-0.15, -0.1) is 0 Å². The third kappa shape index (κ3) is 8.73. The number of amides is 1. The van der Waals surface area contributed by atoms with Crippen LogP contribution in [0.25, 0.3) is 11.2 Å². The summed E-state index contributed by atoms with van der Waals surface area (Å²) in [5.74, 6) is -2.35. The van der Waals surface area contributed by atoms with Crippen LogP contribution in [-0.2, 0) is 43.2 Å². The number of phosphoric acid groups is 2. The van der Waals surface area contributed by atoms with E-state index in [0.717, 1.165) is 17.1 Å². The molecular formula is C25H34N7O17P2+. The van der Waals surface area contributed by atoms with E-state index in [2.05, 4.69) is 19.3 Å². The molecule has 2 unspecified atom stereocenters. The van der Waals surface area contributed by atoms with Gasteiger partial charge in [0.2, 0.25) is 0 Å². The van der Waals surface area contributed by atoms with Crippen molar-refractivity contribution >= 4 is 44.5 Å². The lowest BCUT2D eigenvalue weighted by Crippen LogP contribution is -2.47. The van der Waals surface area contributed by atoms with Crippen LogP contribution in [0.4, 0.5) is 5.82 Å². The molecule has 5 rings (SSSR count). The maximum atomic E-state index is 12.6. The molecule has 5 heterocycles. The van der Waals surface area contributed by atoms with Crippen molar-refractivity contribution in [3.05, 3.63) is 42.2 Å². The first-order chi connectivity index (χ1) is 23.9. The molecule has 24 nitrogen and oxygen atoms in total. The Morgan fingerprint density at radius 1 is 0.961 bits per heavy atom. The number of carbonyl (C=O) groups excluding carboxylic acids is 1. The van der Waals surface area contributed by atoms with Crippen LogP contribution >= 0.6 is 15.6 Å². The monoisotopic (exact) mass is 766 g/mol. The van der Waals surface area contributed by atoms with Gasteiger partial charge in [-0.05, 0) is 18.9 Å². The Morgan fingerprint density at radius 3 is 2.22 bits per heavy atom. The molecule has 2 fully saturated rings. The number of aliphatic hydroxyl groups excluding tert-OH is 5. The molecular weight excluding hydrogens is 732 g/mol. The first-order valence-corrected chi connectivity index (χ1v) is 17.7. The zero-order valence-electron chi connectivity index (χ0n) is 25.9. The first kappa shape index (κ1) is 38.6. The number of carboxylic acids is 1. The fraction of sp³-hybridized carbons (Fsp3) is 0.520. The molecule has 51 heavy (non-hydrogen) atoms. The van der Waals surface area contributed by atoms with Gasteiger partial charge in [-0.3, -0.25) is 18.4 Å². The van der Waals surface area contributed by atoms with Crippen molar-refractivity contribution in [3.8, 4) is 0 Å². The average molecular weight is 767 g/mol. The SMILES string of the molecule is NC(=O)c1cc(CC[C@H](O)C(=O)O)c[n+]([C@@H]2O[C@H](COP(=O)(O)OP(=O)(O)OC[C@H]3O[C@@H](n4cnc5c(N)ncnc54)[C@H](O)[C@@H]3O)[C@@H](O)[C@H]2O)c1. The molecule has 0 aliphatic carbocycles. The molecule has 0 bridgehead atoms. The maximum Gasteiger partial charge on any atom is 0.481 e. The normalized spacial score (nSPS) is 29.5. The Bertz CT molecular complexity index is 1870. The molecule has 1 amide bonds. The lowest BCUT2D eigenvalue weighted by molar-refractivity contribution is -0.766. The van der Waals surface area contributed by atoms with Gasteiger partial charge in [0.15, 0.2) is 42.3 Å². The van der Waals surface area contributed by atoms with Gasteiger partial charge in [0, 0.05) is 5.56 Å². The Morgan fingerprint density at radius 2 is 1.59 bits per heavy atom. The van der Waals surface area contributed by atoms with Crippen molar-refractivity contribution < 1.29 is 86.5 Å². The standard InChI is InChI=1S/C25H33N7O17P2/c26-20-15-22(29-8-28-20)32(9-30-15)24-19(37)17(35)14(48-24)7-46-51(43,44)49-50(41,42)45-6-13-16(34)18(36)23(47-13)31-4-10(1-2-12(33)25(39)40)3-11(5-31)21(27)38/h3-5,8-9,12-14,16-19,23-24,33-37H,1-2,6-7H2,(H6-,26,27,28,29,38,39,40,41,42,43,44)/p+1/t12-,13+,14+,16+,17+,18+,19+,23+,24+/m0/s1. The molecule has 0 spiro atoms. The number of nitrogens with zero attached hydrogens (tertiary/aromatic N) is 5. The highest BCUT2D eigenvalue weighted by atomic mass is 31.3. The summed E-state index contributed by atoms with van der Waals surface area (Å²) in [4.78, 5) is 54.9. The van der Waals surface area contributed by atoms with E-state index in [1.807, 2.05) is 0 Å². The van der Waals surface area contributed by atoms with E-state index < -0.39 is 95.9 Å². The topological polar surface area (TPSA) is 376 Å². The quantitative estimate of drug-likeness (QED) is 0.0527. The number of carboxylic acid groups (broad SMARTS) is 1.